The molecule has 1 aliphatic carbocycles. The molecule has 37 heavy (non-hydrogen) atoms. The summed E-state index contributed by atoms with van der Waals surface area (Å²) in [6, 6.07) is 20.5. The number of nitrogens with one attached hydrogen (secondary N) is 1. The Morgan fingerprint density at radius 2 is 1.62 bits per heavy atom. The van der Waals surface area contributed by atoms with E-state index in [1.165, 1.54) is 6.07 Å². The van der Waals surface area contributed by atoms with Crippen LogP contribution in [0.3, 0.4) is 0 Å². The molecule has 1 heterocycles. The van der Waals surface area contributed by atoms with Crippen molar-refractivity contribution in [2.75, 3.05) is 0 Å². The lowest BCUT2D eigenvalue weighted by Gasteiger charge is -2.18. The third kappa shape index (κ3) is 5.67. The van der Waals surface area contributed by atoms with Gasteiger partial charge in [-0.15, -0.1) is 0 Å². The second kappa shape index (κ2) is 10.9. The molecule has 5 rings (SSSR count). The molecule has 0 bridgehead atoms. The van der Waals surface area contributed by atoms with Gasteiger partial charge < -0.3 is 19.2 Å². The number of alkyl carbamates (subject to hydrolysis) is 1. The van der Waals surface area contributed by atoms with Crippen LogP contribution in [0.4, 0.5) is 4.79 Å². The van der Waals surface area contributed by atoms with Crippen molar-refractivity contribution in [3.63, 3.8) is 0 Å². The summed E-state index contributed by atoms with van der Waals surface area (Å²) in [7, 11) is 0. The number of halogens is 1. The highest BCUT2D eigenvalue weighted by Gasteiger charge is 2.26. The highest BCUT2D eigenvalue weighted by Crippen LogP contribution is 2.35. The molecule has 7 nitrogen and oxygen atoms in total. The Hall–Kier alpha value is -4.10. The molecular weight excluding hydrogens is 494 g/mol. The van der Waals surface area contributed by atoms with E-state index in [0.717, 1.165) is 34.9 Å². The summed E-state index contributed by atoms with van der Waals surface area (Å²) in [5, 5.41) is 3.54. The van der Waals surface area contributed by atoms with Crippen LogP contribution >= 0.6 is 11.6 Å². The number of hydrogen-bond acceptors (Lipinski definition) is 6. The number of fused-ring (bicyclic) bond motifs is 3. The van der Waals surface area contributed by atoms with E-state index in [2.05, 4.69) is 5.32 Å². The van der Waals surface area contributed by atoms with Crippen molar-refractivity contribution in [3.05, 3.63) is 110 Å². The van der Waals surface area contributed by atoms with Crippen LogP contribution in [0.25, 0.3) is 11.0 Å². The van der Waals surface area contributed by atoms with Crippen LogP contribution in [0.5, 0.6) is 5.75 Å². The first-order valence-corrected chi connectivity index (χ1v) is 12.4. The van der Waals surface area contributed by atoms with E-state index in [4.69, 9.17) is 25.5 Å². The Balaban J connectivity index is 1.36. The fourth-order valence-electron chi connectivity index (χ4n) is 4.49. The van der Waals surface area contributed by atoms with Crippen LogP contribution in [0.2, 0.25) is 5.02 Å². The number of carbonyl (C=O) groups is 2. The summed E-state index contributed by atoms with van der Waals surface area (Å²) in [6.07, 6.45) is 1.73. The number of amides is 1. The van der Waals surface area contributed by atoms with E-state index in [9.17, 15) is 14.4 Å². The molecule has 1 atom stereocenters. The van der Waals surface area contributed by atoms with Crippen molar-refractivity contribution in [1.29, 1.82) is 0 Å². The van der Waals surface area contributed by atoms with Gasteiger partial charge in [0.05, 0.1) is 5.02 Å². The van der Waals surface area contributed by atoms with E-state index >= 15 is 0 Å². The third-order valence-corrected chi connectivity index (χ3v) is 6.60. The molecule has 1 amide bonds. The fourth-order valence-corrected chi connectivity index (χ4v) is 4.69. The number of ether oxygens (including phenoxy) is 2. The summed E-state index contributed by atoms with van der Waals surface area (Å²) >= 11 is 6.47. The highest BCUT2D eigenvalue weighted by molar-refractivity contribution is 6.33. The molecule has 0 unspecified atom stereocenters. The van der Waals surface area contributed by atoms with E-state index in [-0.39, 0.29) is 29.4 Å². The molecule has 0 saturated heterocycles. The van der Waals surface area contributed by atoms with Crippen LogP contribution in [0.1, 0.15) is 28.7 Å². The van der Waals surface area contributed by atoms with Crippen LogP contribution in [-0.4, -0.2) is 18.1 Å². The van der Waals surface area contributed by atoms with Crippen molar-refractivity contribution in [1.82, 2.24) is 5.32 Å². The standard InChI is InChI=1S/C29H24ClNO6/c30-23-15-22-20-12-7-13-21(20)27(32)36-25(22)16-26(23)37-28(33)24(14-18-8-3-1-4-9-18)31-29(34)35-17-19-10-5-2-6-11-19/h1-6,8-11,15-16,24H,7,12-14,17H2,(H,31,34)/t24-/m0/s1. The zero-order valence-corrected chi connectivity index (χ0v) is 20.6. The number of esters is 1. The molecule has 1 N–H and O–H groups in total. The zero-order chi connectivity index (χ0) is 25.8. The van der Waals surface area contributed by atoms with E-state index in [1.807, 2.05) is 60.7 Å². The Morgan fingerprint density at radius 1 is 0.946 bits per heavy atom. The number of rotatable bonds is 7. The van der Waals surface area contributed by atoms with Gasteiger partial charge in [-0.2, -0.15) is 0 Å². The van der Waals surface area contributed by atoms with Crippen LogP contribution in [0.15, 0.2) is 82.0 Å². The Morgan fingerprint density at radius 3 is 2.35 bits per heavy atom. The highest BCUT2D eigenvalue weighted by atomic mass is 35.5. The summed E-state index contributed by atoms with van der Waals surface area (Å²) in [4.78, 5) is 38.1. The van der Waals surface area contributed by atoms with Gasteiger partial charge in [-0.1, -0.05) is 72.3 Å². The first kappa shape index (κ1) is 24.6. The normalized spacial score (nSPS) is 13.1. The van der Waals surface area contributed by atoms with Crippen molar-refractivity contribution in [3.8, 4) is 5.75 Å². The van der Waals surface area contributed by atoms with Gasteiger partial charge in [0, 0.05) is 23.4 Å². The molecule has 1 aromatic heterocycles. The molecule has 8 heteroatoms. The van der Waals surface area contributed by atoms with Crippen molar-refractivity contribution in [2.24, 2.45) is 0 Å². The molecule has 4 aromatic rings. The number of aryl methyl sites for hydroxylation is 1. The smallest absolute Gasteiger partial charge is 0.408 e. The molecule has 3 aromatic carbocycles. The second-order valence-electron chi connectivity index (χ2n) is 8.85. The van der Waals surface area contributed by atoms with Gasteiger partial charge in [0.2, 0.25) is 0 Å². The minimum atomic E-state index is -1.05. The molecule has 0 radical (unpaired) electrons. The van der Waals surface area contributed by atoms with E-state index < -0.39 is 18.1 Å². The minimum Gasteiger partial charge on any atom is -0.445 e. The average molecular weight is 518 g/mol. The van der Waals surface area contributed by atoms with Crippen molar-refractivity contribution in [2.45, 2.75) is 38.3 Å². The number of hydrogen-bond donors (Lipinski definition) is 1. The Kier molecular flexibility index (Phi) is 7.23. The van der Waals surface area contributed by atoms with Crippen molar-refractivity contribution >= 4 is 34.6 Å². The second-order valence-corrected chi connectivity index (χ2v) is 9.26. The quantitative estimate of drug-likeness (QED) is 0.201. The van der Waals surface area contributed by atoms with Gasteiger partial charge in [0.25, 0.3) is 0 Å². The molecule has 0 saturated carbocycles. The maximum Gasteiger partial charge on any atom is 0.408 e. The summed E-state index contributed by atoms with van der Waals surface area (Å²) in [6.45, 7) is 0.0552. The first-order valence-electron chi connectivity index (χ1n) is 12.0. The molecule has 0 fully saturated rings. The van der Waals surface area contributed by atoms with E-state index in [0.29, 0.717) is 17.6 Å². The molecular formula is C29H24ClNO6. The van der Waals surface area contributed by atoms with Gasteiger partial charge in [-0.3, -0.25) is 0 Å². The fraction of sp³-hybridized carbons (Fsp3) is 0.207. The minimum absolute atomic E-state index is 0.0396. The van der Waals surface area contributed by atoms with Crippen LogP contribution in [0, 0.1) is 0 Å². The third-order valence-electron chi connectivity index (χ3n) is 6.31. The van der Waals surface area contributed by atoms with Gasteiger partial charge >= 0.3 is 17.7 Å². The van der Waals surface area contributed by atoms with Gasteiger partial charge in [-0.05, 0) is 42.0 Å². The predicted octanol–water partition coefficient (Wildman–Crippen LogP) is 5.38. The Labute approximate surface area is 218 Å². The summed E-state index contributed by atoms with van der Waals surface area (Å²) in [5.74, 6) is -0.692. The number of benzene rings is 3. The predicted molar refractivity (Wildman–Crippen MR) is 139 cm³/mol. The topological polar surface area (TPSA) is 94.8 Å². The molecule has 188 valence electrons. The van der Waals surface area contributed by atoms with Gasteiger partial charge in [0.1, 0.15) is 18.2 Å². The summed E-state index contributed by atoms with van der Waals surface area (Å²) < 4.78 is 16.4. The van der Waals surface area contributed by atoms with Crippen LogP contribution in [-0.2, 0) is 35.4 Å². The lowest BCUT2D eigenvalue weighted by Crippen LogP contribution is -2.44. The average Bonchev–Trinajstić information content (AvgIpc) is 3.41. The van der Waals surface area contributed by atoms with Gasteiger partial charge in [0.15, 0.2) is 5.75 Å². The monoisotopic (exact) mass is 517 g/mol. The summed E-state index contributed by atoms with van der Waals surface area (Å²) in [5.41, 5.74) is 3.15. The van der Waals surface area contributed by atoms with Gasteiger partial charge in [-0.25, -0.2) is 14.4 Å². The number of carbonyl (C=O) groups excluding carboxylic acids is 2. The largest absolute Gasteiger partial charge is 0.445 e. The molecule has 0 aliphatic heterocycles. The Bertz CT molecular complexity index is 1500. The first-order chi connectivity index (χ1) is 18.0. The SMILES string of the molecule is O=C(N[C@@H](Cc1ccccc1)C(=O)Oc1cc2oc(=O)c3c(c2cc1Cl)CCC3)OCc1ccccc1. The lowest BCUT2D eigenvalue weighted by atomic mass is 10.1. The maximum atomic E-state index is 13.2. The zero-order valence-electron chi connectivity index (χ0n) is 19.9. The van der Waals surface area contributed by atoms with Crippen molar-refractivity contribution < 1.29 is 23.5 Å². The molecule has 1 aliphatic rings. The van der Waals surface area contributed by atoms with E-state index in [1.54, 1.807) is 6.07 Å². The lowest BCUT2D eigenvalue weighted by molar-refractivity contribution is -0.136. The molecule has 0 spiro atoms. The van der Waals surface area contributed by atoms with Crippen LogP contribution < -0.4 is 15.7 Å². The maximum absolute atomic E-state index is 13.2.